The Balaban J connectivity index is 0.000000215. The van der Waals surface area contributed by atoms with Gasteiger partial charge in [-0.1, -0.05) is 126 Å². The number of morpholine rings is 1. The number of carbonyl (C=O) groups is 4. The monoisotopic (exact) mass is 2130 g/mol. The maximum atomic E-state index is 13.1. The minimum absolute atomic E-state index is 0. The van der Waals surface area contributed by atoms with Gasteiger partial charge in [0.25, 0.3) is 0 Å². The maximum absolute atomic E-state index is 13.1. The topological polar surface area (TPSA) is 389 Å². The number of hydrogen-bond acceptors (Lipinski definition) is 24. The second kappa shape index (κ2) is 62.0. The van der Waals surface area contributed by atoms with E-state index in [9.17, 15) is 44.7 Å². The Kier molecular flexibility index (Phi) is 51.6. The van der Waals surface area contributed by atoms with E-state index in [1.165, 1.54) is 128 Å². The fourth-order valence-electron chi connectivity index (χ4n) is 24.1. The van der Waals surface area contributed by atoms with Crippen LogP contribution in [0.1, 0.15) is 472 Å². The number of aliphatic hydroxyl groups excluding tert-OH is 5. The zero-order chi connectivity index (χ0) is 101. The molecule has 0 aromatic carbocycles. The fraction of sp³-hybridized carbons (Fsp3) is 0.733. The Hall–Kier alpha value is -8.28. The molecule has 0 bridgehead atoms. The van der Waals surface area contributed by atoms with Crippen LogP contribution in [0.3, 0.4) is 0 Å². The molecule has 147 heavy (non-hydrogen) atoms. The number of ether oxygens (including phenoxy) is 3. The number of rotatable bonds is 38. The van der Waals surface area contributed by atoms with Crippen LogP contribution in [0.2, 0.25) is 0 Å². The number of carboxylic acids is 1. The average Bonchev–Trinajstić information content (AvgIpc) is 1.63. The third kappa shape index (κ3) is 33.9. The molecule has 8 aromatic rings. The van der Waals surface area contributed by atoms with Crippen LogP contribution in [-0.4, -0.2) is 213 Å². The van der Waals surface area contributed by atoms with Crippen LogP contribution in [0.4, 0.5) is 23.8 Å². The summed E-state index contributed by atoms with van der Waals surface area (Å²) in [5, 5.41) is 90.5. The first kappa shape index (κ1) is 122. The zero-order valence-corrected chi connectivity index (χ0v) is 91.4. The van der Waals surface area contributed by atoms with Gasteiger partial charge in [-0.2, -0.15) is 0 Å². The fourth-order valence-corrected chi connectivity index (χ4v) is 24.1. The van der Waals surface area contributed by atoms with Crippen LogP contribution < -0.4 is 21.3 Å². The summed E-state index contributed by atoms with van der Waals surface area (Å²) in [5.74, 6) is 4.92. The smallest absolute Gasteiger partial charge is 0.309 e. The first-order valence-electron chi connectivity index (χ1n) is 56.4. The van der Waals surface area contributed by atoms with Crippen LogP contribution in [0, 0.1) is 31.1 Å². The van der Waals surface area contributed by atoms with Crippen molar-refractivity contribution in [2.24, 2.45) is 23.7 Å². The van der Waals surface area contributed by atoms with Crippen LogP contribution in [0.25, 0.3) is 27.6 Å². The van der Waals surface area contributed by atoms with Gasteiger partial charge in [-0.25, -0.2) is 38.0 Å². The summed E-state index contributed by atoms with van der Waals surface area (Å²) in [6, 6.07) is 10.7. The van der Waals surface area contributed by atoms with Gasteiger partial charge >= 0.3 is 17.9 Å². The summed E-state index contributed by atoms with van der Waals surface area (Å²) in [6.45, 7) is 25.1. The van der Waals surface area contributed by atoms with Crippen molar-refractivity contribution in [2.75, 3.05) is 67.9 Å². The third-order valence-electron chi connectivity index (χ3n) is 32.7. The SMILES string of the molecule is C.C.CCCCC[C@H](C)Nc1ncc2c(C3=CCC(C(=O)OCC)CC3)cc(C3CCC(O)CC3)n2n1.CCCCC[C@H](C)Nc1ncc2c(C3CCC(C(=O)N4CCOCC4)CC3)cc(C3CCC(O)CC3)n2n1.CCCCC[C@H](C)Nc1ncc2c(C3CCC(C(=O)O)CC3)cc(C3CCC(O)CC3)n2n1.CCCCC[C@H](C)Nc1ncc2c(C3CCC(C(=O)OCC)CC3)cc(C3CCC(O)CC3)n2n1.CO.[CH3-].[Pd]. The van der Waals surface area contributed by atoms with Gasteiger partial charge < -0.3 is 78.4 Å². The van der Waals surface area contributed by atoms with Crippen molar-refractivity contribution in [1.29, 1.82) is 0 Å². The number of aliphatic hydroxyl groups is 5. The number of unbranched alkanes of at least 4 members (excludes halogenated alkanes) is 8. The van der Waals surface area contributed by atoms with E-state index >= 15 is 0 Å². The number of carbonyl (C=O) groups excluding carboxylic acids is 3. The van der Waals surface area contributed by atoms with Crippen molar-refractivity contribution in [2.45, 2.75) is 476 Å². The number of hydrogen-bond donors (Lipinski definition) is 10. The number of aromatic nitrogens is 12. The Labute approximate surface area is 892 Å². The summed E-state index contributed by atoms with van der Waals surface area (Å²) in [6.07, 6.45) is 56.4. The predicted molar refractivity (Wildman–Crippen MR) is 585 cm³/mol. The largest absolute Gasteiger partial charge is 0.481 e. The number of carboxylic acid groups (broad SMARTS) is 1. The van der Waals surface area contributed by atoms with Crippen LogP contribution in [0.5, 0.6) is 0 Å². The third-order valence-corrected chi connectivity index (χ3v) is 32.7. The van der Waals surface area contributed by atoms with Crippen molar-refractivity contribution in [3.05, 3.63) is 108 Å². The summed E-state index contributed by atoms with van der Waals surface area (Å²) in [7, 11) is 1.00. The van der Waals surface area contributed by atoms with E-state index in [0.29, 0.717) is 128 Å². The molecule has 1 unspecified atom stereocenters. The molecule has 8 fully saturated rings. The minimum Gasteiger partial charge on any atom is -0.481 e. The van der Waals surface area contributed by atoms with Crippen molar-refractivity contribution in [3.63, 3.8) is 0 Å². The van der Waals surface area contributed by atoms with Crippen molar-refractivity contribution in [3.8, 4) is 0 Å². The van der Waals surface area contributed by atoms with E-state index in [-0.39, 0.29) is 103 Å². The van der Waals surface area contributed by atoms with E-state index in [1.54, 1.807) is 0 Å². The van der Waals surface area contributed by atoms with Gasteiger partial charge in [0.1, 0.15) is 0 Å². The van der Waals surface area contributed by atoms with Gasteiger partial charge in [-0.05, 0) is 331 Å². The molecule has 10 N–H and O–H groups in total. The molecule has 826 valence electrons. The molecule has 1 amide bonds. The second-order valence-corrected chi connectivity index (χ2v) is 43.4. The number of amides is 1. The summed E-state index contributed by atoms with van der Waals surface area (Å²) < 4.78 is 24.4. The van der Waals surface area contributed by atoms with Crippen molar-refractivity contribution < 1.29 is 84.5 Å². The van der Waals surface area contributed by atoms with E-state index < -0.39 is 5.97 Å². The molecular weight excluding hydrogens is 1950 g/mol. The first-order valence-corrected chi connectivity index (χ1v) is 56.4. The summed E-state index contributed by atoms with van der Waals surface area (Å²) in [4.78, 5) is 69.7. The number of allylic oxidation sites excluding steroid dienone is 2. The van der Waals surface area contributed by atoms with Crippen LogP contribution in [-0.2, 0) is 53.8 Å². The van der Waals surface area contributed by atoms with Gasteiger partial charge in [0.2, 0.25) is 29.7 Å². The van der Waals surface area contributed by atoms with E-state index in [4.69, 9.17) is 49.7 Å². The first-order chi connectivity index (χ1) is 69.5. The zero-order valence-electron chi connectivity index (χ0n) is 89.8. The van der Waals surface area contributed by atoms with Crippen LogP contribution in [0.15, 0.2) is 55.1 Å². The van der Waals surface area contributed by atoms with Gasteiger partial charge in [-0.15, -0.1) is 20.4 Å². The number of anilines is 4. The normalized spacial score (nSPS) is 25.0. The number of esters is 2. The molecule has 0 radical (unpaired) electrons. The molecule has 31 heteroatoms. The van der Waals surface area contributed by atoms with Gasteiger partial charge in [0.15, 0.2) is 0 Å². The standard InChI is InChI=1S/C30H47N5O3.C28H44N4O3.C28H42N4O3.C26H40N4O3.CH4O.2CH4.CH3.Pd/c1-3-4-5-6-21(2)32-30-31-20-28-26(19-27(35(28)33-30)23-11-13-25(36)14-12-23)22-7-9-24(10-8-22)29(37)34-15-17-38-18-16-34;2*1-4-6-7-8-19(3)30-28-29-18-26-24(20-9-11-22(12-10-20)27(34)35-5-2)17-25(32(26)31-28)21-13-15-23(33)16-14-21;1-3-4-5-6-17(2)28-26-27-16-24-22(18-7-9-20(10-8-18)25(32)33)15-23(30(24)29-26)19-11-13-21(31)14-12-19;1-2;;;;/h19-25,36H,3-18H2,1-2H3,(H,32,33);17-23,33H,4-16H2,1-3H3,(H,30,31);9,17-19,21-23,33H,4-8,10-16H2,1-3H3,(H,30,31);15-21,31H,3-14H2,1-2H3,(H,28,29)(H,32,33);2H,1H3;2*1H4;1H3;/q;;;;;;;-1;/t21-,22?,23?,24?,25?;19-,20?,21?,22?,23?;19-,21?,22?,23?;17-,18?,19?,20?,21?;;;;;/m0000...../s1. The number of nitrogens with zero attached hydrogens (tertiary/aromatic N) is 13. The number of aliphatic carboxylic acids is 1. The molecule has 1 aliphatic heterocycles. The van der Waals surface area contributed by atoms with Crippen molar-refractivity contribution >= 4 is 75.2 Å². The Morgan fingerprint density at radius 3 is 0.966 bits per heavy atom. The quantitative estimate of drug-likeness (QED) is 0.00743. The molecule has 9 aliphatic rings. The number of nitrogens with one attached hydrogen (secondary N) is 4. The minimum atomic E-state index is -0.663. The molecule has 0 spiro atoms. The summed E-state index contributed by atoms with van der Waals surface area (Å²) in [5.41, 5.74) is 15.6. The Morgan fingerprint density at radius 1 is 0.381 bits per heavy atom. The van der Waals surface area contributed by atoms with Gasteiger partial charge in [0.05, 0.1) is 115 Å². The molecule has 30 nitrogen and oxygen atoms in total. The molecule has 8 aromatic heterocycles. The molecule has 1 saturated heterocycles. The maximum Gasteiger partial charge on any atom is 0.309 e. The van der Waals surface area contributed by atoms with Gasteiger partial charge in [-0.3, -0.25) is 19.2 Å². The molecule has 5 atom stereocenters. The molecule has 7 saturated carbocycles. The molecule has 8 aliphatic carbocycles. The second-order valence-electron chi connectivity index (χ2n) is 43.4. The Morgan fingerprint density at radius 2 is 0.667 bits per heavy atom. The molecule has 17 rings (SSSR count). The predicted octanol–water partition coefficient (Wildman–Crippen LogP) is 23.9. The van der Waals surface area contributed by atoms with E-state index in [0.717, 1.165) is 261 Å². The van der Waals surface area contributed by atoms with E-state index in [1.807, 2.05) is 43.5 Å². The Bertz CT molecular complexity index is 5250. The average molecular weight is 2140 g/mol. The van der Waals surface area contributed by atoms with Crippen LogP contribution >= 0.6 is 0 Å². The summed E-state index contributed by atoms with van der Waals surface area (Å²) >= 11 is 0. The number of fused-ring (bicyclic) bond motifs is 4. The van der Waals surface area contributed by atoms with Gasteiger partial charge in [0, 0.05) is 123 Å². The molecular formula is C116H188N17O13Pd-. The molecule has 9 heterocycles. The van der Waals surface area contributed by atoms with Crippen molar-refractivity contribution in [1.82, 2.24) is 63.3 Å². The van der Waals surface area contributed by atoms with E-state index in [2.05, 4.69) is 135 Å².